The molecule has 0 amide bonds. The van der Waals surface area contributed by atoms with Crippen LogP contribution in [-0.4, -0.2) is 28.7 Å². The molecule has 2 heterocycles. The third kappa shape index (κ3) is 2.37. The van der Waals surface area contributed by atoms with E-state index in [0.717, 1.165) is 0 Å². The number of thioether (sulfide) groups is 2. The lowest BCUT2D eigenvalue weighted by Crippen LogP contribution is -2.53. The molecule has 13 heavy (non-hydrogen) atoms. The molecule has 2 fully saturated rings. The number of hydrogen-bond acceptors (Lipinski definition) is 3. The van der Waals surface area contributed by atoms with E-state index in [0.29, 0.717) is 10.3 Å². The van der Waals surface area contributed by atoms with E-state index in [9.17, 15) is 0 Å². The molecular formula is C10H19NS2. The highest BCUT2D eigenvalue weighted by Gasteiger charge is 2.41. The van der Waals surface area contributed by atoms with Gasteiger partial charge in [-0.3, -0.25) is 0 Å². The third-order valence-corrected chi connectivity index (χ3v) is 6.08. The molecule has 1 unspecified atom stereocenters. The standard InChI is InChI=1S/C10H19NS2/c1-9(2)6-10(8-12-7-9)11-4-3-5-13-10/h11H,3-8H2,1-2H3. The molecular weight excluding hydrogens is 198 g/mol. The second-order valence-electron chi connectivity index (χ2n) is 4.96. The smallest absolute Gasteiger partial charge is 0.0741 e. The fraction of sp³-hybridized carbons (Fsp3) is 1.00. The van der Waals surface area contributed by atoms with Crippen molar-refractivity contribution >= 4 is 23.5 Å². The fourth-order valence-electron chi connectivity index (χ4n) is 2.28. The summed E-state index contributed by atoms with van der Waals surface area (Å²) in [6.45, 7) is 6.03. The summed E-state index contributed by atoms with van der Waals surface area (Å²) < 4.78 is 0. The van der Waals surface area contributed by atoms with Crippen molar-refractivity contribution in [3.8, 4) is 0 Å². The quantitative estimate of drug-likeness (QED) is 0.670. The van der Waals surface area contributed by atoms with Crippen LogP contribution >= 0.6 is 23.5 Å². The Morgan fingerprint density at radius 3 is 2.69 bits per heavy atom. The Kier molecular flexibility index (Phi) is 2.87. The van der Waals surface area contributed by atoms with Crippen molar-refractivity contribution in [2.24, 2.45) is 5.41 Å². The van der Waals surface area contributed by atoms with Crippen molar-refractivity contribution in [3.05, 3.63) is 0 Å². The van der Waals surface area contributed by atoms with Crippen LogP contribution in [0.2, 0.25) is 0 Å². The zero-order chi connectivity index (χ0) is 9.36. The van der Waals surface area contributed by atoms with Gasteiger partial charge < -0.3 is 5.32 Å². The van der Waals surface area contributed by atoms with Crippen molar-refractivity contribution in [1.82, 2.24) is 5.32 Å². The monoisotopic (exact) mass is 217 g/mol. The van der Waals surface area contributed by atoms with Crippen molar-refractivity contribution < 1.29 is 0 Å². The molecule has 1 spiro atoms. The van der Waals surface area contributed by atoms with E-state index in [2.05, 4.69) is 42.7 Å². The Hall–Kier alpha value is 0.660. The molecule has 1 nitrogen and oxygen atoms in total. The van der Waals surface area contributed by atoms with Crippen molar-refractivity contribution in [2.45, 2.75) is 31.6 Å². The molecule has 0 aliphatic carbocycles. The van der Waals surface area contributed by atoms with Crippen LogP contribution in [0.5, 0.6) is 0 Å². The number of hydrogen-bond donors (Lipinski definition) is 1. The third-order valence-electron chi connectivity index (χ3n) is 2.74. The summed E-state index contributed by atoms with van der Waals surface area (Å²) in [5, 5.41) is 3.73. The zero-order valence-corrected chi connectivity index (χ0v) is 10.2. The van der Waals surface area contributed by atoms with E-state index in [1.165, 1.54) is 36.6 Å². The summed E-state index contributed by atoms with van der Waals surface area (Å²) in [5.41, 5.74) is 0.528. The van der Waals surface area contributed by atoms with Crippen LogP contribution in [0.1, 0.15) is 26.7 Å². The van der Waals surface area contributed by atoms with Gasteiger partial charge in [0.25, 0.3) is 0 Å². The number of nitrogens with one attached hydrogen (secondary N) is 1. The second-order valence-corrected chi connectivity index (χ2v) is 7.42. The largest absolute Gasteiger partial charge is 0.302 e. The van der Waals surface area contributed by atoms with Crippen LogP contribution in [0, 0.1) is 5.41 Å². The minimum absolute atomic E-state index is 0.421. The first-order chi connectivity index (χ1) is 6.12. The molecule has 0 aromatic rings. The lowest BCUT2D eigenvalue weighted by Gasteiger charge is -2.46. The predicted octanol–water partition coefficient (Wildman–Crippen LogP) is 2.57. The summed E-state index contributed by atoms with van der Waals surface area (Å²) in [7, 11) is 0. The topological polar surface area (TPSA) is 12.0 Å². The molecule has 3 heteroatoms. The van der Waals surface area contributed by atoms with Gasteiger partial charge in [0, 0.05) is 5.75 Å². The van der Waals surface area contributed by atoms with E-state index in [1.54, 1.807) is 0 Å². The SMILES string of the molecule is CC1(C)CSCC2(C1)NCCCS2. The minimum Gasteiger partial charge on any atom is -0.302 e. The van der Waals surface area contributed by atoms with Crippen molar-refractivity contribution in [1.29, 1.82) is 0 Å². The molecule has 2 rings (SSSR count). The first-order valence-corrected chi connectivity index (χ1v) is 7.23. The van der Waals surface area contributed by atoms with E-state index in [1.807, 2.05) is 0 Å². The van der Waals surface area contributed by atoms with Gasteiger partial charge in [-0.2, -0.15) is 11.8 Å². The van der Waals surface area contributed by atoms with Crippen LogP contribution in [0.3, 0.4) is 0 Å². The highest BCUT2D eigenvalue weighted by Crippen LogP contribution is 2.45. The van der Waals surface area contributed by atoms with Gasteiger partial charge in [-0.1, -0.05) is 13.8 Å². The van der Waals surface area contributed by atoms with Crippen LogP contribution in [0.4, 0.5) is 0 Å². The van der Waals surface area contributed by atoms with Gasteiger partial charge in [-0.15, -0.1) is 11.8 Å². The maximum atomic E-state index is 3.73. The predicted molar refractivity (Wildman–Crippen MR) is 63.5 cm³/mol. The lowest BCUT2D eigenvalue weighted by atomic mass is 9.87. The molecule has 0 saturated carbocycles. The molecule has 0 aromatic heterocycles. The van der Waals surface area contributed by atoms with Gasteiger partial charge >= 0.3 is 0 Å². The molecule has 2 aliphatic heterocycles. The van der Waals surface area contributed by atoms with Gasteiger partial charge in [0.05, 0.1) is 4.87 Å². The first kappa shape index (κ1) is 10.2. The van der Waals surface area contributed by atoms with Crippen molar-refractivity contribution in [3.63, 3.8) is 0 Å². The highest BCUT2D eigenvalue weighted by molar-refractivity contribution is 8.04. The van der Waals surface area contributed by atoms with Crippen LogP contribution in [0.25, 0.3) is 0 Å². The molecule has 0 aromatic carbocycles. The number of rotatable bonds is 0. The van der Waals surface area contributed by atoms with Crippen molar-refractivity contribution in [2.75, 3.05) is 23.8 Å². The Morgan fingerprint density at radius 1 is 1.23 bits per heavy atom. The van der Waals surface area contributed by atoms with E-state index >= 15 is 0 Å². The van der Waals surface area contributed by atoms with Crippen LogP contribution in [0.15, 0.2) is 0 Å². The maximum absolute atomic E-state index is 3.73. The Bertz CT molecular complexity index is 180. The molecule has 0 radical (unpaired) electrons. The summed E-state index contributed by atoms with van der Waals surface area (Å²) in [5.74, 6) is 3.99. The van der Waals surface area contributed by atoms with Gasteiger partial charge in [-0.05, 0) is 36.3 Å². The Morgan fingerprint density at radius 2 is 2.08 bits per heavy atom. The molecule has 76 valence electrons. The maximum Gasteiger partial charge on any atom is 0.0741 e. The summed E-state index contributed by atoms with van der Waals surface area (Å²) in [6, 6.07) is 0. The molecule has 2 aliphatic rings. The Balaban J connectivity index is 2.04. The molecule has 0 bridgehead atoms. The molecule has 1 N–H and O–H groups in total. The summed E-state index contributed by atoms with van der Waals surface area (Å²) >= 11 is 4.28. The molecule has 2 saturated heterocycles. The summed E-state index contributed by atoms with van der Waals surface area (Å²) in [4.78, 5) is 0.421. The van der Waals surface area contributed by atoms with Crippen LogP contribution in [-0.2, 0) is 0 Å². The lowest BCUT2D eigenvalue weighted by molar-refractivity contribution is 0.293. The zero-order valence-electron chi connectivity index (χ0n) is 8.56. The van der Waals surface area contributed by atoms with Gasteiger partial charge in [0.15, 0.2) is 0 Å². The Labute approximate surface area is 89.8 Å². The van der Waals surface area contributed by atoms with Gasteiger partial charge in [0.1, 0.15) is 0 Å². The summed E-state index contributed by atoms with van der Waals surface area (Å²) in [6.07, 6.45) is 2.69. The molecule has 1 atom stereocenters. The van der Waals surface area contributed by atoms with Gasteiger partial charge in [0.2, 0.25) is 0 Å². The van der Waals surface area contributed by atoms with E-state index in [4.69, 9.17) is 0 Å². The second kappa shape index (κ2) is 3.67. The highest BCUT2D eigenvalue weighted by atomic mass is 32.2. The average molecular weight is 217 g/mol. The fourth-order valence-corrected chi connectivity index (χ4v) is 5.53. The average Bonchev–Trinajstić information content (AvgIpc) is 2.03. The van der Waals surface area contributed by atoms with Crippen LogP contribution < -0.4 is 5.32 Å². The van der Waals surface area contributed by atoms with E-state index in [-0.39, 0.29) is 0 Å². The minimum atomic E-state index is 0.421. The first-order valence-electron chi connectivity index (χ1n) is 5.09. The normalized spacial score (nSPS) is 39.2. The van der Waals surface area contributed by atoms with E-state index < -0.39 is 0 Å². The van der Waals surface area contributed by atoms with Gasteiger partial charge in [-0.25, -0.2) is 0 Å².